The summed E-state index contributed by atoms with van der Waals surface area (Å²) < 4.78 is 23.2. The van der Waals surface area contributed by atoms with E-state index in [1.165, 1.54) is 14.2 Å². The molecule has 45 heavy (non-hydrogen) atoms. The van der Waals surface area contributed by atoms with Gasteiger partial charge in [-0.05, 0) is 41.9 Å². The van der Waals surface area contributed by atoms with Gasteiger partial charge >= 0.3 is 5.97 Å². The quantitative estimate of drug-likeness (QED) is 0.174. The van der Waals surface area contributed by atoms with Crippen molar-refractivity contribution in [3.05, 3.63) is 58.7 Å². The third kappa shape index (κ3) is 7.78. The van der Waals surface area contributed by atoms with Crippen molar-refractivity contribution >= 4 is 11.9 Å². The van der Waals surface area contributed by atoms with Gasteiger partial charge in [0.05, 0.1) is 18.3 Å². The van der Waals surface area contributed by atoms with E-state index in [1.54, 1.807) is 13.8 Å². The Kier molecular flexibility index (Phi) is 11.1. The zero-order chi connectivity index (χ0) is 33.1. The number of methoxy groups -OCH3 is 2. The normalized spacial score (nSPS) is 24.4. The van der Waals surface area contributed by atoms with E-state index in [0.29, 0.717) is 24.0 Å². The Labute approximate surface area is 264 Å². The summed E-state index contributed by atoms with van der Waals surface area (Å²) in [6.07, 6.45) is -3.53. The smallest absolute Gasteiger partial charge is 0.342 e. The van der Waals surface area contributed by atoms with Gasteiger partial charge in [-0.15, -0.1) is 0 Å². The minimum absolute atomic E-state index is 0.0393. The molecule has 248 valence electrons. The first-order valence-electron chi connectivity index (χ1n) is 15.4. The molecule has 8 atom stereocenters. The van der Waals surface area contributed by atoms with Crippen molar-refractivity contribution in [2.75, 3.05) is 14.2 Å². The van der Waals surface area contributed by atoms with E-state index in [0.717, 1.165) is 18.1 Å². The molecule has 2 aliphatic rings. The number of phenolic OH excluding ortho intramolecular Hbond substituents is 2. The summed E-state index contributed by atoms with van der Waals surface area (Å²) in [6, 6.07) is 10.6. The largest absolute Gasteiger partial charge is 0.508 e. The molecule has 0 bridgehead atoms. The molecule has 2 aromatic rings. The molecule has 11 heteroatoms. The molecule has 0 saturated carbocycles. The molecule has 5 N–H and O–H groups in total. The number of benzene rings is 2. The molecule has 0 aliphatic carbocycles. The fourth-order valence-corrected chi connectivity index (χ4v) is 6.31. The topological polar surface area (TPSA) is 164 Å². The molecule has 2 heterocycles. The molecule has 0 aromatic heterocycles. The van der Waals surface area contributed by atoms with Crippen LogP contribution in [0, 0.1) is 18.3 Å². The number of ether oxygens (including phenoxy) is 4. The average Bonchev–Trinajstić information content (AvgIpc) is 3.01. The van der Waals surface area contributed by atoms with E-state index in [4.69, 9.17) is 18.9 Å². The van der Waals surface area contributed by atoms with Crippen LogP contribution in [0.3, 0.4) is 0 Å². The number of amides is 1. The maximum absolute atomic E-state index is 13.1. The molecular formula is C34H47NO10. The molecule has 2 aromatic carbocycles. The fourth-order valence-electron chi connectivity index (χ4n) is 6.31. The lowest BCUT2D eigenvalue weighted by molar-refractivity contribution is -0.183. The zero-order valence-corrected chi connectivity index (χ0v) is 26.9. The van der Waals surface area contributed by atoms with Crippen LogP contribution in [-0.2, 0) is 36.6 Å². The van der Waals surface area contributed by atoms with Crippen molar-refractivity contribution < 1.29 is 49.0 Å². The van der Waals surface area contributed by atoms with E-state index in [-0.39, 0.29) is 35.3 Å². The highest BCUT2D eigenvalue weighted by atomic mass is 16.6. The van der Waals surface area contributed by atoms with Crippen LogP contribution in [-0.4, -0.2) is 89.4 Å². The van der Waals surface area contributed by atoms with Crippen molar-refractivity contribution in [3.63, 3.8) is 0 Å². The summed E-state index contributed by atoms with van der Waals surface area (Å²) in [5.74, 6) is -2.29. The van der Waals surface area contributed by atoms with Crippen molar-refractivity contribution in [2.24, 2.45) is 11.3 Å². The Bertz CT molecular complexity index is 1330. The predicted molar refractivity (Wildman–Crippen MR) is 165 cm³/mol. The number of phenols is 2. The number of aliphatic hydroxyl groups is 2. The summed E-state index contributed by atoms with van der Waals surface area (Å²) in [5.41, 5.74) is 1.63. The number of carbonyl (C=O) groups excluding carboxylic acids is 2. The van der Waals surface area contributed by atoms with Gasteiger partial charge in [0.25, 0.3) is 5.91 Å². The van der Waals surface area contributed by atoms with Crippen LogP contribution in [0.25, 0.3) is 0 Å². The third-order valence-corrected chi connectivity index (χ3v) is 9.55. The van der Waals surface area contributed by atoms with E-state index >= 15 is 0 Å². The number of hydrogen-bond acceptors (Lipinski definition) is 10. The Morgan fingerprint density at radius 2 is 1.78 bits per heavy atom. The lowest BCUT2D eigenvalue weighted by atomic mass is 9.75. The number of cyclic esters (lactones) is 1. The first-order chi connectivity index (χ1) is 21.3. The first-order valence-corrected chi connectivity index (χ1v) is 15.4. The van der Waals surface area contributed by atoms with Gasteiger partial charge in [0, 0.05) is 45.5 Å². The highest BCUT2D eigenvalue weighted by Crippen LogP contribution is 2.41. The molecule has 11 nitrogen and oxygen atoms in total. The molecule has 0 spiro atoms. The van der Waals surface area contributed by atoms with Crippen LogP contribution < -0.4 is 5.32 Å². The number of esters is 1. The minimum Gasteiger partial charge on any atom is -0.508 e. The van der Waals surface area contributed by atoms with Crippen molar-refractivity contribution in [2.45, 2.75) is 103 Å². The SMILES string of the molecule is COC(NC(=O)[C@@H](O)[C@H](Cc1ccccc1)OC)[C@@H]1CCC(C)(C)[C@@H](C[C@H](O)[C@@H](C)[C@H]2Cc3c(C)c(O)cc(O)c3C(=O)O2)O1. The van der Waals surface area contributed by atoms with Crippen molar-refractivity contribution in [3.8, 4) is 11.5 Å². The molecule has 4 rings (SSSR count). The van der Waals surface area contributed by atoms with Gasteiger partial charge in [-0.2, -0.15) is 0 Å². The van der Waals surface area contributed by atoms with Gasteiger partial charge in [-0.3, -0.25) is 4.79 Å². The third-order valence-electron chi connectivity index (χ3n) is 9.55. The number of carbonyl (C=O) groups is 2. The Hall–Kier alpha value is -3.22. The molecule has 1 amide bonds. The van der Waals surface area contributed by atoms with E-state index in [1.807, 2.05) is 44.2 Å². The number of hydrogen-bond donors (Lipinski definition) is 5. The van der Waals surface area contributed by atoms with Crippen LogP contribution in [0.15, 0.2) is 36.4 Å². The number of aromatic hydroxyl groups is 2. The first kappa shape index (κ1) is 34.6. The van der Waals surface area contributed by atoms with Crippen LogP contribution in [0.4, 0.5) is 0 Å². The average molecular weight is 630 g/mol. The van der Waals surface area contributed by atoms with E-state index in [2.05, 4.69) is 5.32 Å². The Morgan fingerprint density at radius 1 is 1.09 bits per heavy atom. The van der Waals surface area contributed by atoms with Gasteiger partial charge in [-0.25, -0.2) is 4.79 Å². The van der Waals surface area contributed by atoms with Crippen LogP contribution in [0.1, 0.15) is 67.1 Å². The fraction of sp³-hybridized carbons (Fsp3) is 0.588. The second kappa shape index (κ2) is 14.5. The monoisotopic (exact) mass is 629 g/mol. The van der Waals surface area contributed by atoms with Crippen molar-refractivity contribution in [1.82, 2.24) is 5.32 Å². The molecule has 1 unspecified atom stereocenters. The second-order valence-corrected chi connectivity index (χ2v) is 13.0. The molecule has 1 saturated heterocycles. The van der Waals surface area contributed by atoms with E-state index in [9.17, 15) is 30.0 Å². The van der Waals surface area contributed by atoms with Crippen molar-refractivity contribution in [1.29, 1.82) is 0 Å². The van der Waals surface area contributed by atoms with Crippen LogP contribution in [0.5, 0.6) is 11.5 Å². The summed E-state index contributed by atoms with van der Waals surface area (Å²) in [4.78, 5) is 25.9. The second-order valence-electron chi connectivity index (χ2n) is 13.0. The van der Waals surface area contributed by atoms with Crippen LogP contribution >= 0.6 is 0 Å². The highest BCUT2D eigenvalue weighted by molar-refractivity contribution is 5.96. The Morgan fingerprint density at radius 3 is 2.42 bits per heavy atom. The summed E-state index contributed by atoms with van der Waals surface area (Å²) in [7, 11) is 2.90. The van der Waals surface area contributed by atoms with Gasteiger partial charge in [0.1, 0.15) is 29.3 Å². The lowest BCUT2D eigenvalue weighted by Crippen LogP contribution is -2.56. The minimum atomic E-state index is -1.44. The number of aliphatic hydroxyl groups excluding tert-OH is 2. The number of rotatable bonds is 12. The number of fused-ring (bicyclic) bond motifs is 1. The van der Waals surface area contributed by atoms with Gasteiger partial charge in [-0.1, -0.05) is 51.1 Å². The number of nitrogens with one attached hydrogen (secondary N) is 1. The summed E-state index contributed by atoms with van der Waals surface area (Å²) >= 11 is 0. The lowest BCUT2D eigenvalue weighted by Gasteiger charge is -2.45. The highest BCUT2D eigenvalue weighted by Gasteiger charge is 2.44. The molecule has 1 fully saturated rings. The summed E-state index contributed by atoms with van der Waals surface area (Å²) in [6.45, 7) is 7.56. The molecule has 2 aliphatic heterocycles. The Balaban J connectivity index is 1.40. The zero-order valence-electron chi connectivity index (χ0n) is 26.9. The molecule has 0 radical (unpaired) electrons. The van der Waals surface area contributed by atoms with Gasteiger partial charge < -0.3 is 44.7 Å². The van der Waals surface area contributed by atoms with E-state index < -0.39 is 60.6 Å². The van der Waals surface area contributed by atoms with Crippen LogP contribution in [0.2, 0.25) is 0 Å². The molecular weight excluding hydrogens is 582 g/mol. The van der Waals surface area contributed by atoms with Gasteiger partial charge in [0.15, 0.2) is 12.3 Å². The maximum Gasteiger partial charge on any atom is 0.342 e. The standard InChI is InChI=1S/C34H47NO10/c1-18-21-15-26(45-33(41)29(21)24(38)16-22(18)36)19(2)23(37)17-28-34(3,4)13-12-25(44-28)32(43-6)35-31(40)30(39)27(42-5)14-20-10-8-7-9-11-20/h7-11,16,19,23,25-28,30,32,36-39H,12-15,17H2,1-6H3,(H,35,40)/t19-,23+,25+,26-,27+,28-,30+,32?/m1/s1. The maximum atomic E-state index is 13.1. The summed E-state index contributed by atoms with van der Waals surface area (Å²) in [5, 5.41) is 45.4. The van der Waals surface area contributed by atoms with Gasteiger partial charge in [0.2, 0.25) is 0 Å². The predicted octanol–water partition coefficient (Wildman–Crippen LogP) is 3.16.